The molecule has 1 atom stereocenters. The van der Waals surface area contributed by atoms with E-state index in [1.54, 1.807) is 13.3 Å². The Morgan fingerprint density at radius 1 is 1.29 bits per heavy atom. The lowest BCUT2D eigenvalue weighted by Gasteiger charge is -2.14. The summed E-state index contributed by atoms with van der Waals surface area (Å²) in [6, 6.07) is -0.319. The normalized spacial score (nSPS) is 12.3. The Balaban J connectivity index is 2.30. The summed E-state index contributed by atoms with van der Waals surface area (Å²) in [4.78, 5) is 8.53. The van der Waals surface area contributed by atoms with E-state index in [9.17, 15) is 0 Å². The van der Waals surface area contributed by atoms with E-state index < -0.39 is 0 Å². The van der Waals surface area contributed by atoms with E-state index in [4.69, 9.17) is 15.2 Å². The molecule has 21 heavy (non-hydrogen) atoms. The molecule has 2 N–H and O–H groups in total. The molecular formula is C14H21N5O2. The molecule has 0 aliphatic rings. The highest BCUT2D eigenvalue weighted by atomic mass is 16.5. The Bertz CT molecular complexity index is 639. The van der Waals surface area contributed by atoms with Crippen LogP contribution >= 0.6 is 0 Å². The Morgan fingerprint density at radius 2 is 2.00 bits per heavy atom. The van der Waals surface area contributed by atoms with Crippen LogP contribution in [0.3, 0.4) is 0 Å². The third kappa shape index (κ3) is 2.97. The smallest absolute Gasteiger partial charge is 0.240 e. The Morgan fingerprint density at radius 3 is 2.52 bits per heavy atom. The average Bonchev–Trinajstić information content (AvgIpc) is 2.72. The van der Waals surface area contributed by atoms with Crippen molar-refractivity contribution in [1.29, 1.82) is 0 Å². The zero-order chi connectivity index (χ0) is 15.6. The number of aromatic nitrogens is 4. The van der Waals surface area contributed by atoms with Crippen molar-refractivity contribution >= 4 is 0 Å². The molecule has 0 radical (unpaired) electrons. The summed E-state index contributed by atoms with van der Waals surface area (Å²) >= 11 is 0. The first-order valence-electron chi connectivity index (χ1n) is 6.67. The van der Waals surface area contributed by atoms with Crippen LogP contribution < -0.4 is 15.2 Å². The van der Waals surface area contributed by atoms with Gasteiger partial charge in [-0.25, -0.2) is 4.98 Å². The standard InChI is InChI=1S/C14H21N5O2/c1-8-10(9(2)19(3)18-8)6-11(15)13-14(21-5)17-12(20-4)7-16-13/h7,11H,6,15H2,1-5H3. The largest absolute Gasteiger partial charge is 0.480 e. The van der Waals surface area contributed by atoms with Crippen LogP contribution in [0.25, 0.3) is 0 Å². The van der Waals surface area contributed by atoms with Gasteiger partial charge in [0.05, 0.1) is 32.2 Å². The molecule has 0 fully saturated rings. The lowest BCUT2D eigenvalue weighted by atomic mass is 10.0. The van der Waals surface area contributed by atoms with Crippen LogP contribution in [-0.4, -0.2) is 34.0 Å². The fourth-order valence-corrected chi connectivity index (χ4v) is 2.30. The van der Waals surface area contributed by atoms with E-state index in [-0.39, 0.29) is 6.04 Å². The number of nitrogens with zero attached hydrogens (tertiary/aromatic N) is 4. The number of ether oxygens (including phenoxy) is 2. The van der Waals surface area contributed by atoms with Crippen molar-refractivity contribution in [3.05, 3.63) is 28.8 Å². The monoisotopic (exact) mass is 291 g/mol. The van der Waals surface area contributed by atoms with Gasteiger partial charge >= 0.3 is 0 Å². The molecule has 0 amide bonds. The molecule has 7 nitrogen and oxygen atoms in total. The second kappa shape index (κ2) is 6.09. The highest BCUT2D eigenvalue weighted by Gasteiger charge is 2.20. The minimum atomic E-state index is -0.319. The Hall–Kier alpha value is -2.15. The van der Waals surface area contributed by atoms with Crippen molar-refractivity contribution in [2.24, 2.45) is 12.8 Å². The molecule has 2 aromatic heterocycles. The lowest BCUT2D eigenvalue weighted by Crippen LogP contribution is -2.17. The van der Waals surface area contributed by atoms with Gasteiger partial charge in [-0.2, -0.15) is 10.1 Å². The van der Waals surface area contributed by atoms with E-state index in [0.29, 0.717) is 23.9 Å². The molecule has 0 saturated carbocycles. The van der Waals surface area contributed by atoms with Crippen molar-refractivity contribution < 1.29 is 9.47 Å². The van der Waals surface area contributed by atoms with Crippen molar-refractivity contribution in [2.75, 3.05) is 14.2 Å². The van der Waals surface area contributed by atoms with Crippen LogP contribution in [0.1, 0.15) is 28.7 Å². The van der Waals surface area contributed by atoms with Gasteiger partial charge in [-0.05, 0) is 25.8 Å². The first-order chi connectivity index (χ1) is 9.97. The van der Waals surface area contributed by atoms with E-state index >= 15 is 0 Å². The van der Waals surface area contributed by atoms with Crippen LogP contribution in [0.4, 0.5) is 0 Å². The van der Waals surface area contributed by atoms with Gasteiger partial charge in [-0.3, -0.25) is 4.68 Å². The summed E-state index contributed by atoms with van der Waals surface area (Å²) in [6.45, 7) is 4.00. The number of hydrogen-bond acceptors (Lipinski definition) is 6. The number of nitrogens with two attached hydrogens (primary N) is 1. The molecule has 2 heterocycles. The van der Waals surface area contributed by atoms with Gasteiger partial charge in [0.15, 0.2) is 0 Å². The van der Waals surface area contributed by atoms with Crippen molar-refractivity contribution in [1.82, 2.24) is 19.7 Å². The zero-order valence-electron chi connectivity index (χ0n) is 13.0. The van der Waals surface area contributed by atoms with Crippen molar-refractivity contribution in [3.8, 4) is 11.8 Å². The van der Waals surface area contributed by atoms with Crippen LogP contribution in [0.5, 0.6) is 11.8 Å². The summed E-state index contributed by atoms with van der Waals surface area (Å²) in [6.07, 6.45) is 2.17. The van der Waals surface area contributed by atoms with E-state index in [2.05, 4.69) is 15.1 Å². The van der Waals surface area contributed by atoms with Crippen molar-refractivity contribution in [3.63, 3.8) is 0 Å². The van der Waals surface area contributed by atoms with Crippen LogP contribution in [0.2, 0.25) is 0 Å². The van der Waals surface area contributed by atoms with Gasteiger partial charge in [0.2, 0.25) is 11.8 Å². The van der Waals surface area contributed by atoms with Gasteiger partial charge in [0, 0.05) is 12.7 Å². The fourth-order valence-electron chi connectivity index (χ4n) is 2.30. The second-order valence-electron chi connectivity index (χ2n) is 4.89. The van der Waals surface area contributed by atoms with Crippen LogP contribution in [-0.2, 0) is 13.5 Å². The third-order valence-corrected chi connectivity index (χ3v) is 3.58. The quantitative estimate of drug-likeness (QED) is 0.887. The minimum absolute atomic E-state index is 0.319. The van der Waals surface area contributed by atoms with Gasteiger partial charge < -0.3 is 15.2 Å². The molecule has 0 aliphatic heterocycles. The fraction of sp³-hybridized carbons (Fsp3) is 0.500. The third-order valence-electron chi connectivity index (χ3n) is 3.58. The van der Waals surface area contributed by atoms with Gasteiger partial charge in [0.1, 0.15) is 5.69 Å². The average molecular weight is 291 g/mol. The highest BCUT2D eigenvalue weighted by molar-refractivity contribution is 5.30. The first kappa shape index (κ1) is 15.2. The predicted molar refractivity (Wildman–Crippen MR) is 78.5 cm³/mol. The number of hydrogen-bond donors (Lipinski definition) is 1. The Labute approximate surface area is 124 Å². The molecule has 0 bridgehead atoms. The molecule has 2 aromatic rings. The summed E-state index contributed by atoms with van der Waals surface area (Å²) in [5, 5.41) is 4.40. The van der Waals surface area contributed by atoms with E-state index in [0.717, 1.165) is 17.0 Å². The lowest BCUT2D eigenvalue weighted by molar-refractivity contribution is 0.353. The maximum atomic E-state index is 6.28. The Kier molecular flexibility index (Phi) is 4.42. The molecule has 0 spiro atoms. The second-order valence-corrected chi connectivity index (χ2v) is 4.89. The van der Waals surface area contributed by atoms with Crippen LogP contribution in [0.15, 0.2) is 6.20 Å². The molecule has 0 aliphatic carbocycles. The summed E-state index contributed by atoms with van der Waals surface area (Å²) in [7, 11) is 5.00. The maximum absolute atomic E-state index is 6.28. The van der Waals surface area contributed by atoms with Gasteiger partial charge in [-0.15, -0.1) is 0 Å². The topological polar surface area (TPSA) is 88.1 Å². The number of aryl methyl sites for hydroxylation is 2. The summed E-state index contributed by atoms with van der Waals surface area (Å²) < 4.78 is 12.2. The van der Waals surface area contributed by atoms with Crippen LogP contribution in [0, 0.1) is 13.8 Å². The minimum Gasteiger partial charge on any atom is -0.480 e. The zero-order valence-corrected chi connectivity index (χ0v) is 13.0. The van der Waals surface area contributed by atoms with E-state index in [1.807, 2.05) is 25.6 Å². The molecule has 2 rings (SSSR count). The first-order valence-corrected chi connectivity index (χ1v) is 6.67. The van der Waals surface area contributed by atoms with Gasteiger partial charge in [-0.1, -0.05) is 0 Å². The number of methoxy groups -OCH3 is 2. The van der Waals surface area contributed by atoms with Gasteiger partial charge in [0.25, 0.3) is 0 Å². The molecule has 0 saturated heterocycles. The summed E-state index contributed by atoms with van der Waals surface area (Å²) in [5.74, 6) is 0.789. The highest BCUT2D eigenvalue weighted by Crippen LogP contribution is 2.26. The molecule has 114 valence electrons. The SMILES string of the molecule is COc1cnc(C(N)Cc2c(C)nn(C)c2C)c(OC)n1. The molecule has 0 aromatic carbocycles. The van der Waals surface area contributed by atoms with E-state index in [1.165, 1.54) is 7.11 Å². The van der Waals surface area contributed by atoms with Crippen molar-refractivity contribution in [2.45, 2.75) is 26.3 Å². The predicted octanol–water partition coefficient (Wildman–Crippen LogP) is 1.09. The maximum Gasteiger partial charge on any atom is 0.240 e. The molecule has 7 heteroatoms. The molecular weight excluding hydrogens is 270 g/mol. The molecule has 1 unspecified atom stereocenters. The number of rotatable bonds is 5. The summed E-state index contributed by atoms with van der Waals surface area (Å²) in [5.41, 5.74) is 10.1.